The van der Waals surface area contributed by atoms with E-state index in [0.717, 1.165) is 30.0 Å². The molecule has 1 aromatic heterocycles. The maximum absolute atomic E-state index is 14.0. The second-order valence-electron chi connectivity index (χ2n) is 8.92. The number of halogens is 1. The van der Waals surface area contributed by atoms with Crippen LogP contribution in [0.1, 0.15) is 35.1 Å². The number of amides is 1. The third kappa shape index (κ3) is 6.57. The fraction of sp³-hybridized carbons (Fsp3) is 0.296. The highest BCUT2D eigenvalue weighted by molar-refractivity contribution is 5.92. The van der Waals surface area contributed by atoms with Crippen molar-refractivity contribution in [3.63, 3.8) is 0 Å². The van der Waals surface area contributed by atoms with Crippen LogP contribution >= 0.6 is 0 Å². The molecule has 1 aliphatic heterocycles. The summed E-state index contributed by atoms with van der Waals surface area (Å²) in [5, 5.41) is 23.9. The minimum atomic E-state index is -0.633. The fourth-order valence-electron chi connectivity index (χ4n) is 4.25. The van der Waals surface area contributed by atoms with Gasteiger partial charge in [0.25, 0.3) is 0 Å². The first-order chi connectivity index (χ1) is 17.8. The van der Waals surface area contributed by atoms with Crippen LogP contribution in [0, 0.1) is 42.3 Å². The molecule has 2 heterocycles. The summed E-state index contributed by atoms with van der Waals surface area (Å²) in [6.45, 7) is 5.29. The fourth-order valence-corrected chi connectivity index (χ4v) is 4.25. The summed E-state index contributed by atoms with van der Waals surface area (Å²) < 4.78 is 20.0. The molecule has 2 aromatic carbocycles. The van der Waals surface area contributed by atoms with Gasteiger partial charge >= 0.3 is 0 Å². The van der Waals surface area contributed by atoms with Gasteiger partial charge in [0.2, 0.25) is 17.7 Å². The molecule has 0 saturated carbocycles. The Morgan fingerprint density at radius 3 is 2.46 bits per heavy atom. The minimum Gasteiger partial charge on any atom is -0.438 e. The van der Waals surface area contributed by atoms with Crippen LogP contribution in [0.5, 0.6) is 11.6 Å². The van der Waals surface area contributed by atoms with Crippen molar-refractivity contribution in [3.05, 3.63) is 70.7 Å². The van der Waals surface area contributed by atoms with E-state index in [0.29, 0.717) is 36.2 Å². The number of aryl methyl sites for hydroxylation is 2. The number of anilines is 2. The van der Waals surface area contributed by atoms with Crippen molar-refractivity contribution < 1.29 is 13.9 Å². The molecule has 0 spiro atoms. The lowest BCUT2D eigenvalue weighted by atomic mass is 10.1. The van der Waals surface area contributed by atoms with Crippen molar-refractivity contribution in [1.82, 2.24) is 14.9 Å². The van der Waals surface area contributed by atoms with E-state index >= 15 is 0 Å². The van der Waals surface area contributed by atoms with Gasteiger partial charge < -0.3 is 15.4 Å². The number of aromatic nitrogens is 2. The number of benzene rings is 2. The molecule has 0 unspecified atom stereocenters. The lowest BCUT2D eigenvalue weighted by Crippen LogP contribution is -2.42. The Kier molecular flexibility index (Phi) is 7.92. The van der Waals surface area contributed by atoms with Crippen LogP contribution in [0.25, 0.3) is 0 Å². The second-order valence-corrected chi connectivity index (χ2v) is 8.92. The number of carbonyl (C=O) groups excluding carboxylic acids is 1. The SMILES string of the molecule is Cc1cc(C#N)cc(C)c1Oc1ccnc(NC2CCN(CC(=O)Nc3ccc(C#N)cc3F)CC2)n1. The van der Waals surface area contributed by atoms with Gasteiger partial charge in [0, 0.05) is 31.4 Å². The van der Waals surface area contributed by atoms with Crippen LogP contribution in [-0.4, -0.2) is 46.5 Å². The van der Waals surface area contributed by atoms with Crippen molar-refractivity contribution >= 4 is 17.5 Å². The molecule has 0 aliphatic carbocycles. The lowest BCUT2D eigenvalue weighted by molar-refractivity contribution is -0.117. The van der Waals surface area contributed by atoms with E-state index in [1.165, 1.54) is 12.1 Å². The molecule has 1 fully saturated rings. The number of likely N-dealkylation sites (tertiary alicyclic amines) is 1. The van der Waals surface area contributed by atoms with Crippen LogP contribution < -0.4 is 15.4 Å². The third-order valence-electron chi connectivity index (χ3n) is 6.09. The van der Waals surface area contributed by atoms with E-state index in [-0.39, 0.29) is 29.7 Å². The standard InChI is InChI=1S/C27H26FN7O2/c1-17-11-20(15-30)12-18(2)26(17)37-25-5-8-31-27(34-25)32-21-6-9-35(10-7-21)16-24(36)33-23-4-3-19(14-29)13-22(23)28/h3-5,8,11-13,21H,6-7,9-10,16H2,1-2H3,(H,33,36)(H,31,32,34). The molecule has 188 valence electrons. The average Bonchev–Trinajstić information content (AvgIpc) is 2.88. The summed E-state index contributed by atoms with van der Waals surface area (Å²) >= 11 is 0. The highest BCUT2D eigenvalue weighted by Gasteiger charge is 2.22. The summed E-state index contributed by atoms with van der Waals surface area (Å²) in [7, 11) is 0. The summed E-state index contributed by atoms with van der Waals surface area (Å²) in [4.78, 5) is 23.2. The van der Waals surface area contributed by atoms with Gasteiger partial charge in [0.15, 0.2) is 0 Å². The van der Waals surface area contributed by atoms with E-state index in [4.69, 9.17) is 15.3 Å². The Morgan fingerprint density at radius 2 is 1.81 bits per heavy atom. The number of rotatable bonds is 7. The number of ether oxygens (including phenoxy) is 1. The number of piperidine rings is 1. The number of hydrogen-bond donors (Lipinski definition) is 2. The second kappa shape index (κ2) is 11.5. The molecule has 1 saturated heterocycles. The molecule has 4 rings (SSSR count). The largest absolute Gasteiger partial charge is 0.438 e. The number of carbonyl (C=O) groups is 1. The van der Waals surface area contributed by atoms with Gasteiger partial charge in [0.05, 0.1) is 35.5 Å². The zero-order valence-corrected chi connectivity index (χ0v) is 20.6. The first kappa shape index (κ1) is 25.5. The Morgan fingerprint density at radius 1 is 1.11 bits per heavy atom. The number of nitrogens with one attached hydrogen (secondary N) is 2. The van der Waals surface area contributed by atoms with Crippen molar-refractivity contribution in [3.8, 4) is 23.8 Å². The van der Waals surface area contributed by atoms with Crippen LogP contribution in [0.2, 0.25) is 0 Å². The van der Waals surface area contributed by atoms with Gasteiger partial charge in [-0.15, -0.1) is 0 Å². The topological polar surface area (TPSA) is 127 Å². The molecular formula is C27H26FN7O2. The minimum absolute atomic E-state index is 0.0613. The van der Waals surface area contributed by atoms with Crippen molar-refractivity contribution in [2.75, 3.05) is 30.3 Å². The lowest BCUT2D eigenvalue weighted by Gasteiger charge is -2.31. The van der Waals surface area contributed by atoms with Crippen molar-refractivity contribution in [2.24, 2.45) is 0 Å². The summed E-state index contributed by atoms with van der Waals surface area (Å²) in [6, 6.07) is 13.3. The van der Waals surface area contributed by atoms with E-state index < -0.39 is 5.82 Å². The molecule has 9 nitrogen and oxygen atoms in total. The van der Waals surface area contributed by atoms with Crippen LogP contribution in [0.3, 0.4) is 0 Å². The van der Waals surface area contributed by atoms with E-state index in [2.05, 4.69) is 26.7 Å². The van der Waals surface area contributed by atoms with Gasteiger partial charge in [-0.2, -0.15) is 15.5 Å². The maximum atomic E-state index is 14.0. The molecule has 1 aliphatic rings. The molecule has 37 heavy (non-hydrogen) atoms. The Hall–Kier alpha value is -4.54. The summed E-state index contributed by atoms with van der Waals surface area (Å²) in [5.74, 6) is 0.574. The first-order valence-corrected chi connectivity index (χ1v) is 11.8. The number of nitrogens with zero attached hydrogens (tertiary/aromatic N) is 5. The quantitative estimate of drug-likeness (QED) is 0.493. The third-order valence-corrected chi connectivity index (χ3v) is 6.09. The predicted octanol–water partition coefficient (Wildman–Crippen LogP) is 4.28. The molecular weight excluding hydrogens is 473 g/mol. The molecule has 0 radical (unpaired) electrons. The van der Waals surface area contributed by atoms with E-state index in [9.17, 15) is 9.18 Å². The van der Waals surface area contributed by atoms with Crippen LogP contribution in [-0.2, 0) is 4.79 Å². The van der Waals surface area contributed by atoms with Crippen molar-refractivity contribution in [1.29, 1.82) is 10.5 Å². The molecule has 1 amide bonds. The highest BCUT2D eigenvalue weighted by Crippen LogP contribution is 2.29. The molecule has 10 heteroatoms. The number of nitriles is 2. The smallest absolute Gasteiger partial charge is 0.238 e. The highest BCUT2D eigenvalue weighted by atomic mass is 19.1. The van der Waals surface area contributed by atoms with E-state index in [1.807, 2.05) is 24.8 Å². The van der Waals surface area contributed by atoms with E-state index in [1.54, 1.807) is 24.4 Å². The van der Waals surface area contributed by atoms with Gasteiger partial charge in [-0.1, -0.05) is 0 Å². The van der Waals surface area contributed by atoms with Gasteiger partial charge in [-0.25, -0.2) is 9.37 Å². The Balaban J connectivity index is 1.28. The van der Waals surface area contributed by atoms with Crippen LogP contribution in [0.15, 0.2) is 42.6 Å². The molecule has 3 aromatic rings. The first-order valence-electron chi connectivity index (χ1n) is 11.8. The number of hydrogen-bond acceptors (Lipinski definition) is 8. The maximum Gasteiger partial charge on any atom is 0.238 e. The van der Waals surface area contributed by atoms with Gasteiger partial charge in [-0.05, 0) is 68.1 Å². The normalized spacial score (nSPS) is 13.9. The van der Waals surface area contributed by atoms with Crippen molar-refractivity contribution in [2.45, 2.75) is 32.7 Å². The summed E-state index contributed by atoms with van der Waals surface area (Å²) in [6.07, 6.45) is 3.18. The van der Waals surface area contributed by atoms with Gasteiger partial charge in [0.1, 0.15) is 11.6 Å². The zero-order chi connectivity index (χ0) is 26.4. The van der Waals surface area contributed by atoms with Crippen LogP contribution in [0.4, 0.5) is 16.0 Å². The summed E-state index contributed by atoms with van der Waals surface area (Å²) in [5.41, 5.74) is 2.54. The van der Waals surface area contributed by atoms with Gasteiger partial charge in [-0.3, -0.25) is 9.69 Å². The zero-order valence-electron chi connectivity index (χ0n) is 20.6. The monoisotopic (exact) mass is 499 g/mol. The Bertz CT molecular complexity index is 1370. The molecule has 0 atom stereocenters. The average molecular weight is 500 g/mol. The Labute approximate surface area is 214 Å². The molecule has 0 bridgehead atoms. The predicted molar refractivity (Wildman–Crippen MR) is 136 cm³/mol. The molecule has 2 N–H and O–H groups in total.